The van der Waals surface area contributed by atoms with Crippen molar-refractivity contribution in [1.29, 1.82) is 0 Å². The first kappa shape index (κ1) is 87.5. The topological polar surface area (TPSA) is 64.6 Å². The molecule has 4 atom stereocenters. The number of rotatable bonds is 22. The van der Waals surface area contributed by atoms with Crippen molar-refractivity contribution >= 4 is 0 Å². The largest absolute Gasteiger partial charge is 0.375 e. The van der Waals surface area contributed by atoms with Crippen LogP contribution in [0.3, 0.4) is 0 Å². The summed E-state index contributed by atoms with van der Waals surface area (Å²) in [5.74, 6) is 1.16. The molecule has 0 radical (unpaired) electrons. The third kappa shape index (κ3) is 23.8. The molecule has 614 valence electrons. The van der Waals surface area contributed by atoms with E-state index in [2.05, 4.69) is 353 Å². The van der Waals surface area contributed by atoms with Crippen molar-refractivity contribution in [1.82, 2.24) is 0 Å². The smallest absolute Gasteiger partial charge is 0.0723 e. The second kappa shape index (κ2) is 42.7. The third-order valence-corrected chi connectivity index (χ3v) is 24.2. The molecule has 7 aliphatic rings. The molecule has 0 amide bonds. The number of ether oxygens (including phenoxy) is 7. The molecule has 0 saturated carbocycles. The summed E-state index contributed by atoms with van der Waals surface area (Å²) < 4.78 is 41.1. The van der Waals surface area contributed by atoms with Crippen LogP contribution >= 0.6 is 0 Å². The van der Waals surface area contributed by atoms with Crippen LogP contribution in [0.25, 0.3) is 44.5 Å². The normalized spacial score (nSPS) is 14.9. The minimum Gasteiger partial charge on any atom is -0.375 e. The second-order valence-corrected chi connectivity index (χ2v) is 34.7. The van der Waals surface area contributed by atoms with Gasteiger partial charge in [-0.15, -0.1) is 0 Å². The van der Waals surface area contributed by atoms with Crippen molar-refractivity contribution in [2.75, 3.05) is 0 Å². The van der Waals surface area contributed by atoms with Gasteiger partial charge < -0.3 is 33.2 Å². The summed E-state index contributed by atoms with van der Waals surface area (Å²) in [6.07, 6.45) is 16.5. The molecular formula is C110H132O7. The molecule has 0 N–H and O–H groups in total. The number of benzene rings is 11. The van der Waals surface area contributed by atoms with Crippen molar-refractivity contribution in [3.05, 3.63) is 343 Å². The van der Waals surface area contributed by atoms with Crippen LogP contribution in [0.15, 0.2) is 243 Å². The van der Waals surface area contributed by atoms with Gasteiger partial charge in [-0.3, -0.25) is 0 Å². The summed E-state index contributed by atoms with van der Waals surface area (Å²) >= 11 is 0. The summed E-state index contributed by atoms with van der Waals surface area (Å²) in [6, 6.07) is 87.2. The molecule has 11 aromatic rings. The fraction of sp³-hybridized carbons (Fsp3) is 0.400. The Bertz CT molecular complexity index is 4900. The van der Waals surface area contributed by atoms with E-state index < -0.39 is 0 Å². The van der Waals surface area contributed by atoms with Gasteiger partial charge in [-0.2, -0.15) is 0 Å². The minimum absolute atomic E-state index is 0.282. The molecule has 7 aliphatic carbocycles. The van der Waals surface area contributed by atoms with E-state index in [1.165, 1.54) is 145 Å². The van der Waals surface area contributed by atoms with Crippen molar-refractivity contribution in [3.8, 4) is 44.5 Å². The summed E-state index contributed by atoms with van der Waals surface area (Å²) in [5, 5.41) is 0. The summed E-state index contributed by atoms with van der Waals surface area (Å²) in [7, 11) is 0. The molecule has 0 heterocycles. The average Bonchev–Trinajstić information content (AvgIpc) is 1.64. The Morgan fingerprint density at radius 2 is 0.556 bits per heavy atom. The molecule has 0 spiro atoms. The summed E-state index contributed by atoms with van der Waals surface area (Å²) in [4.78, 5) is 0. The highest BCUT2D eigenvalue weighted by molar-refractivity contribution is 5.80. The highest BCUT2D eigenvalue weighted by Crippen LogP contribution is 2.43. The first-order valence-corrected chi connectivity index (χ1v) is 44.1. The molecular weight excluding hydrogens is 1430 g/mol. The Morgan fingerprint density at radius 3 is 0.923 bits per heavy atom. The molecule has 11 aromatic carbocycles. The van der Waals surface area contributed by atoms with Gasteiger partial charge in [-0.05, 0) is 303 Å². The van der Waals surface area contributed by atoms with E-state index in [9.17, 15) is 0 Å². The van der Waals surface area contributed by atoms with Crippen LogP contribution in [0, 0.1) is 11.8 Å². The quantitative estimate of drug-likeness (QED) is 0.0670. The van der Waals surface area contributed by atoms with Gasteiger partial charge in [0.1, 0.15) is 0 Å². The van der Waals surface area contributed by atoms with Crippen LogP contribution in [0.5, 0.6) is 0 Å². The van der Waals surface area contributed by atoms with Gasteiger partial charge in [0.25, 0.3) is 0 Å². The van der Waals surface area contributed by atoms with Crippen molar-refractivity contribution in [2.24, 2.45) is 11.8 Å². The van der Waals surface area contributed by atoms with E-state index in [1.54, 1.807) is 0 Å². The first-order valence-electron chi connectivity index (χ1n) is 44.1. The Kier molecular flexibility index (Phi) is 31.9. The maximum atomic E-state index is 6.06. The standard InChI is InChI=1S/C19H22O.C18H20O.2C17H18O.C14H20O.C13H18O.C12H16O/c1-13(2)14(3)20-12-16-8-6-10-18-17-9-5-4-7-15(17)11-19(16)18;1-3-13(2)19-12-15-8-6-10-17-16-9-5-4-7-14(16)11-18(15)17;1-12(2)18-11-14-7-5-9-16-15-8-4-3-6-13(15)10-17(14)16;1-12(2)18-11-13-7-8-17-15(9-13)10-14-5-3-4-6-16(14)17;1-10(2)11(3)15-14-8-12-6-4-5-7-13(12)9-14;1-3-10(2)14-13-8-11-6-4-5-7-12(11)9-13;1-9(2)13-12-7-10-5-3-4-6-11(10)8-12/h4-10,13-14H,11-12H2,1-3H3;4-10,13H,3,11-12H2,1-2H3;2*3-9,12H,10-11H2,1-2H3;4-7,10-11,14H,8-9H2,1-3H3;4-7,10,13H,3,8-9H2,1-2H3;3-6,9,12H,7-8H2,1-2H3. The van der Waals surface area contributed by atoms with E-state index in [4.69, 9.17) is 33.2 Å². The fourth-order valence-electron chi connectivity index (χ4n) is 16.8. The van der Waals surface area contributed by atoms with E-state index in [-0.39, 0.29) is 12.2 Å². The zero-order chi connectivity index (χ0) is 82.5. The molecule has 0 aromatic heterocycles. The molecule has 7 heteroatoms. The Hall–Kier alpha value is -8.86. The molecule has 0 saturated heterocycles. The molecule has 0 fully saturated rings. The summed E-state index contributed by atoms with van der Waals surface area (Å²) in [5.41, 5.74) is 36.7. The lowest BCUT2D eigenvalue weighted by atomic mass is 10.0. The monoisotopic (exact) mass is 1560 g/mol. The van der Waals surface area contributed by atoms with Gasteiger partial charge in [-0.25, -0.2) is 0 Å². The zero-order valence-corrected chi connectivity index (χ0v) is 73.2. The first-order chi connectivity index (χ1) is 56.7. The predicted molar refractivity (Wildman–Crippen MR) is 488 cm³/mol. The lowest BCUT2D eigenvalue weighted by Gasteiger charge is -2.21. The van der Waals surface area contributed by atoms with Gasteiger partial charge >= 0.3 is 0 Å². The van der Waals surface area contributed by atoms with Gasteiger partial charge in [0.15, 0.2) is 0 Å². The maximum absolute atomic E-state index is 6.06. The second-order valence-electron chi connectivity index (χ2n) is 34.7. The number of fused-ring (bicyclic) bond motifs is 15. The minimum atomic E-state index is 0.282. The number of hydrogen-bond acceptors (Lipinski definition) is 7. The lowest BCUT2D eigenvalue weighted by Crippen LogP contribution is -2.24. The molecule has 7 nitrogen and oxygen atoms in total. The molecule has 4 unspecified atom stereocenters. The Balaban J connectivity index is 0.000000126. The highest BCUT2D eigenvalue weighted by atomic mass is 16.5. The van der Waals surface area contributed by atoms with Gasteiger partial charge in [0.2, 0.25) is 0 Å². The van der Waals surface area contributed by atoms with Crippen LogP contribution in [-0.4, -0.2) is 61.0 Å². The fourth-order valence-corrected chi connectivity index (χ4v) is 16.8. The lowest BCUT2D eigenvalue weighted by molar-refractivity contribution is -0.0194. The van der Waals surface area contributed by atoms with Crippen LogP contribution in [0.1, 0.15) is 224 Å². The van der Waals surface area contributed by atoms with E-state index >= 15 is 0 Å². The third-order valence-electron chi connectivity index (χ3n) is 24.2. The van der Waals surface area contributed by atoms with Crippen LogP contribution in [0.2, 0.25) is 0 Å². The van der Waals surface area contributed by atoms with Crippen LogP contribution in [-0.2, 0) is 124 Å². The van der Waals surface area contributed by atoms with Crippen molar-refractivity contribution in [2.45, 2.75) is 275 Å². The Labute approximate surface area is 703 Å². The molecule has 18 rings (SSSR count). The van der Waals surface area contributed by atoms with E-state index in [0.717, 1.165) is 96.9 Å². The van der Waals surface area contributed by atoms with E-state index in [1.807, 2.05) is 0 Å². The van der Waals surface area contributed by atoms with Gasteiger partial charge in [0, 0.05) is 0 Å². The molecule has 0 aliphatic heterocycles. The van der Waals surface area contributed by atoms with Gasteiger partial charge in [-0.1, -0.05) is 284 Å². The van der Waals surface area contributed by atoms with Crippen LogP contribution < -0.4 is 0 Å². The van der Waals surface area contributed by atoms with Crippen molar-refractivity contribution in [3.63, 3.8) is 0 Å². The predicted octanol–water partition coefficient (Wildman–Crippen LogP) is 26.5. The average molecular weight is 1570 g/mol. The van der Waals surface area contributed by atoms with Crippen LogP contribution in [0.4, 0.5) is 0 Å². The highest BCUT2D eigenvalue weighted by Gasteiger charge is 2.29. The number of hydrogen-bond donors (Lipinski definition) is 0. The Morgan fingerprint density at radius 1 is 0.248 bits per heavy atom. The maximum Gasteiger partial charge on any atom is 0.0723 e. The van der Waals surface area contributed by atoms with E-state index in [0.29, 0.717) is 67.3 Å². The zero-order valence-electron chi connectivity index (χ0n) is 73.2. The molecule has 0 bridgehead atoms. The van der Waals surface area contributed by atoms with Crippen molar-refractivity contribution < 1.29 is 33.2 Å². The SMILES string of the molecule is CC(C)C(C)OC1Cc2ccccc2C1.CC(C)C(C)OCc1cccc2c1Cc1ccccc1-2.CC(C)OC1Cc2ccccc2C1.CC(C)OCc1ccc2c(c1)Cc1ccccc1-2.CC(C)OCc1cccc2c1Cc1ccccc1-2.CCC(C)OC1Cc2ccccc2C1.CCC(C)OCc1cccc2c1Cc1ccccc1-2. The molecule has 117 heavy (non-hydrogen) atoms. The summed E-state index contributed by atoms with van der Waals surface area (Å²) in [6.45, 7) is 37.2. The van der Waals surface area contributed by atoms with Gasteiger partial charge in [0.05, 0.1) is 87.5 Å².